The molecule has 0 bridgehead atoms. The highest BCUT2D eigenvalue weighted by atomic mass is 28.3. The van der Waals surface area contributed by atoms with Gasteiger partial charge in [0.15, 0.2) is 0 Å². The van der Waals surface area contributed by atoms with Crippen LogP contribution in [0.3, 0.4) is 0 Å². The molecule has 0 unspecified atom stereocenters. The van der Waals surface area contributed by atoms with Crippen LogP contribution < -0.4 is 5.38 Å². The van der Waals surface area contributed by atoms with Gasteiger partial charge in [-0.15, -0.1) is 0 Å². The third kappa shape index (κ3) is 5.88. The number of aliphatic hydroxyl groups is 1. The summed E-state index contributed by atoms with van der Waals surface area (Å²) >= 11 is 0. The molecule has 1 fully saturated rings. The molecule has 1 aromatic rings. The SMILES string of the molecule is CO[C@H]1[C@@H](OCOCC[Si](C)(C)C)[C@@](O)(c2ccoc2[Si](C)(C)C)[C@H](C(=O)O)C[C@@H]1C. The molecule has 178 valence electrons. The normalized spacial score (nSPS) is 29.8. The van der Waals surface area contributed by atoms with Crippen LogP contribution in [-0.2, 0) is 24.6 Å². The number of carboxylic acid groups (broad SMARTS) is 1. The smallest absolute Gasteiger partial charge is 0.309 e. The first kappa shape index (κ1) is 26.3. The maximum atomic E-state index is 12.3. The van der Waals surface area contributed by atoms with Gasteiger partial charge in [-0.05, 0) is 24.4 Å². The molecule has 0 radical (unpaired) electrons. The van der Waals surface area contributed by atoms with E-state index in [0.717, 1.165) is 6.04 Å². The highest BCUT2D eigenvalue weighted by Crippen LogP contribution is 2.47. The number of ether oxygens (including phenoxy) is 3. The van der Waals surface area contributed by atoms with Crippen LogP contribution >= 0.6 is 0 Å². The Morgan fingerprint density at radius 2 is 1.90 bits per heavy atom. The van der Waals surface area contributed by atoms with E-state index in [4.69, 9.17) is 18.6 Å². The lowest BCUT2D eigenvalue weighted by Crippen LogP contribution is -2.63. The molecule has 1 aliphatic carbocycles. The topological polar surface area (TPSA) is 98.4 Å². The zero-order valence-corrected chi connectivity index (χ0v) is 22.2. The minimum Gasteiger partial charge on any atom is -0.481 e. The summed E-state index contributed by atoms with van der Waals surface area (Å²) in [6.45, 7) is 15.6. The van der Waals surface area contributed by atoms with Gasteiger partial charge in [0.05, 0.1) is 23.7 Å². The first-order valence-corrected chi connectivity index (χ1v) is 18.2. The molecular formula is C22H40O7Si2. The molecule has 1 heterocycles. The minimum atomic E-state index is -2.01. The molecule has 2 rings (SSSR count). The third-order valence-electron chi connectivity index (χ3n) is 6.11. The first-order chi connectivity index (χ1) is 14.2. The van der Waals surface area contributed by atoms with Gasteiger partial charge in [0, 0.05) is 27.4 Å². The fraction of sp³-hybridized carbons (Fsp3) is 0.773. The Balaban J connectivity index is 2.42. The average molecular weight is 473 g/mol. The molecule has 1 aliphatic rings. The van der Waals surface area contributed by atoms with Crippen molar-refractivity contribution in [2.45, 2.75) is 76.5 Å². The largest absolute Gasteiger partial charge is 0.481 e. The second-order valence-corrected chi connectivity index (χ2v) is 21.5. The highest BCUT2D eigenvalue weighted by Gasteiger charge is 2.59. The lowest BCUT2D eigenvalue weighted by Gasteiger charge is -2.49. The summed E-state index contributed by atoms with van der Waals surface area (Å²) in [5.41, 5.74) is -1.29. The van der Waals surface area contributed by atoms with E-state index in [1.54, 1.807) is 13.2 Å². The quantitative estimate of drug-likeness (QED) is 0.306. The van der Waals surface area contributed by atoms with E-state index in [0.29, 0.717) is 17.6 Å². The van der Waals surface area contributed by atoms with Crippen molar-refractivity contribution < 1.29 is 33.6 Å². The molecular weight excluding hydrogens is 432 g/mol. The summed E-state index contributed by atoms with van der Waals surface area (Å²) in [7, 11) is -1.68. The van der Waals surface area contributed by atoms with Crippen LogP contribution in [0.15, 0.2) is 16.7 Å². The number of hydrogen-bond acceptors (Lipinski definition) is 6. The van der Waals surface area contributed by atoms with E-state index in [9.17, 15) is 15.0 Å². The number of aliphatic carboxylic acids is 1. The number of furan rings is 1. The van der Waals surface area contributed by atoms with Crippen LogP contribution in [-0.4, -0.2) is 65.0 Å². The molecule has 0 amide bonds. The molecule has 0 aliphatic heterocycles. The van der Waals surface area contributed by atoms with E-state index >= 15 is 0 Å². The fourth-order valence-electron chi connectivity index (χ4n) is 4.40. The van der Waals surface area contributed by atoms with Gasteiger partial charge in [0.1, 0.15) is 26.6 Å². The van der Waals surface area contributed by atoms with E-state index < -0.39 is 45.8 Å². The Morgan fingerprint density at radius 3 is 2.42 bits per heavy atom. The van der Waals surface area contributed by atoms with E-state index in [-0.39, 0.29) is 19.1 Å². The Morgan fingerprint density at radius 1 is 1.26 bits per heavy atom. The van der Waals surface area contributed by atoms with Gasteiger partial charge in [-0.25, -0.2) is 0 Å². The van der Waals surface area contributed by atoms with Gasteiger partial charge in [-0.1, -0.05) is 46.2 Å². The van der Waals surface area contributed by atoms with Crippen molar-refractivity contribution in [3.8, 4) is 0 Å². The monoisotopic (exact) mass is 472 g/mol. The molecule has 9 heteroatoms. The number of carboxylic acids is 1. The molecule has 1 aromatic heterocycles. The van der Waals surface area contributed by atoms with Gasteiger partial charge in [-0.3, -0.25) is 4.79 Å². The van der Waals surface area contributed by atoms with E-state index in [1.807, 2.05) is 6.92 Å². The lowest BCUT2D eigenvalue weighted by molar-refractivity contribution is -0.251. The van der Waals surface area contributed by atoms with Gasteiger partial charge in [-0.2, -0.15) is 0 Å². The van der Waals surface area contributed by atoms with Gasteiger partial charge in [0.25, 0.3) is 0 Å². The summed E-state index contributed by atoms with van der Waals surface area (Å²) in [4.78, 5) is 12.3. The Kier molecular flexibility index (Phi) is 8.38. The molecule has 2 N–H and O–H groups in total. The predicted molar refractivity (Wildman–Crippen MR) is 125 cm³/mol. The summed E-state index contributed by atoms with van der Waals surface area (Å²) in [6, 6.07) is 2.68. The summed E-state index contributed by atoms with van der Waals surface area (Å²) in [5.74, 6) is -2.21. The number of hydrogen-bond donors (Lipinski definition) is 2. The summed E-state index contributed by atoms with van der Waals surface area (Å²) < 4.78 is 23.3. The first-order valence-electron chi connectivity index (χ1n) is 11.0. The Hall–Kier alpha value is -0.976. The van der Waals surface area contributed by atoms with Crippen molar-refractivity contribution in [1.29, 1.82) is 0 Å². The van der Waals surface area contributed by atoms with Crippen LogP contribution in [0.25, 0.3) is 0 Å². The number of methoxy groups -OCH3 is 1. The van der Waals surface area contributed by atoms with Crippen molar-refractivity contribution in [2.75, 3.05) is 20.5 Å². The van der Waals surface area contributed by atoms with Crippen LogP contribution in [0.2, 0.25) is 45.3 Å². The maximum absolute atomic E-state index is 12.3. The molecule has 5 atom stereocenters. The predicted octanol–water partition coefficient (Wildman–Crippen LogP) is 3.47. The van der Waals surface area contributed by atoms with Crippen LogP contribution in [0, 0.1) is 11.8 Å². The zero-order chi connectivity index (χ0) is 23.6. The second kappa shape index (κ2) is 9.88. The molecule has 0 spiro atoms. The Bertz CT molecular complexity index is 737. The number of carbonyl (C=O) groups is 1. The van der Waals surface area contributed by atoms with Crippen LogP contribution in [0.4, 0.5) is 0 Å². The van der Waals surface area contributed by atoms with Crippen molar-refractivity contribution in [2.24, 2.45) is 11.8 Å². The minimum absolute atomic E-state index is 0.0312. The number of rotatable bonds is 10. The van der Waals surface area contributed by atoms with Gasteiger partial charge < -0.3 is 28.8 Å². The Labute approximate surface area is 188 Å². The lowest BCUT2D eigenvalue weighted by atomic mass is 9.65. The molecule has 31 heavy (non-hydrogen) atoms. The molecule has 0 saturated heterocycles. The van der Waals surface area contributed by atoms with Gasteiger partial charge in [0.2, 0.25) is 0 Å². The fourth-order valence-corrected chi connectivity index (χ4v) is 6.67. The van der Waals surface area contributed by atoms with Crippen molar-refractivity contribution in [1.82, 2.24) is 0 Å². The van der Waals surface area contributed by atoms with Crippen molar-refractivity contribution >= 4 is 27.5 Å². The van der Waals surface area contributed by atoms with Crippen molar-refractivity contribution in [3.63, 3.8) is 0 Å². The second-order valence-electron chi connectivity index (χ2n) is 11.0. The zero-order valence-electron chi connectivity index (χ0n) is 20.2. The van der Waals surface area contributed by atoms with Crippen LogP contribution in [0.1, 0.15) is 18.9 Å². The standard InChI is InChI=1S/C22H40O7Si2/c1-15-13-17(20(23)24)22(25,16-9-10-28-21(16)31(6,7)8)19(18(15)26-2)29-14-27-11-12-30(3,4)5/h9-10,15,17-19,25H,11-14H2,1-8H3,(H,23,24)/t15-,17-,18+,19+,22+/m0/s1. The van der Waals surface area contributed by atoms with Gasteiger partial charge >= 0.3 is 5.97 Å². The van der Waals surface area contributed by atoms with Crippen LogP contribution in [0.5, 0.6) is 0 Å². The third-order valence-corrected chi connectivity index (χ3v) is 9.56. The summed E-state index contributed by atoms with van der Waals surface area (Å²) in [5, 5.41) is 22.8. The molecule has 0 aromatic carbocycles. The maximum Gasteiger partial charge on any atom is 0.309 e. The highest BCUT2D eigenvalue weighted by molar-refractivity contribution is 6.88. The average Bonchev–Trinajstić information content (AvgIpc) is 3.13. The van der Waals surface area contributed by atoms with Crippen molar-refractivity contribution in [3.05, 3.63) is 17.9 Å². The molecule has 1 saturated carbocycles. The molecule has 7 nitrogen and oxygen atoms in total. The summed E-state index contributed by atoms with van der Waals surface area (Å²) in [6.07, 6.45) is 0.422. The van der Waals surface area contributed by atoms with E-state index in [1.165, 1.54) is 6.26 Å². The van der Waals surface area contributed by atoms with E-state index in [2.05, 4.69) is 39.3 Å².